The number of piperidine rings is 1. The van der Waals surface area contributed by atoms with Gasteiger partial charge in [0.1, 0.15) is 5.69 Å². The first kappa shape index (κ1) is 22.3. The van der Waals surface area contributed by atoms with Gasteiger partial charge >= 0.3 is 6.18 Å². The average Bonchev–Trinajstić information content (AvgIpc) is 3.03. The maximum absolute atomic E-state index is 12.9. The molecule has 0 saturated carbocycles. The number of hydrogen-bond donors (Lipinski definition) is 0. The van der Waals surface area contributed by atoms with Crippen molar-refractivity contribution in [1.29, 1.82) is 0 Å². The number of carbonyl (C=O) groups excluding carboxylic acids is 1. The van der Waals surface area contributed by atoms with E-state index < -0.39 is 11.7 Å². The predicted molar refractivity (Wildman–Crippen MR) is 109 cm³/mol. The van der Waals surface area contributed by atoms with Gasteiger partial charge in [-0.25, -0.2) is 0 Å². The van der Waals surface area contributed by atoms with E-state index in [0.29, 0.717) is 30.1 Å². The van der Waals surface area contributed by atoms with E-state index in [1.165, 1.54) is 12.1 Å². The van der Waals surface area contributed by atoms with Crippen LogP contribution in [0.4, 0.5) is 13.2 Å². The molecule has 0 bridgehead atoms. The van der Waals surface area contributed by atoms with E-state index in [1.54, 1.807) is 28.8 Å². The molecule has 164 valence electrons. The van der Waals surface area contributed by atoms with Crippen molar-refractivity contribution in [2.45, 2.75) is 32.4 Å². The number of benzene rings is 1. The van der Waals surface area contributed by atoms with Crippen LogP contribution < -0.4 is 0 Å². The standard InChI is InChI=1S/C22H29F3N4O/c1-16-12-20(28(3)26-16)21(30)27(2)14-18-7-5-10-29(15-18)11-9-17-6-4-8-19(13-17)22(23,24)25/h4,6,8,12-13,18H,5,7,9-11,14-15H2,1-3H3. The second kappa shape index (κ2) is 9.20. The zero-order valence-electron chi connectivity index (χ0n) is 17.7. The van der Waals surface area contributed by atoms with Gasteiger partial charge in [0, 0.05) is 33.7 Å². The maximum atomic E-state index is 12.9. The lowest BCUT2D eigenvalue weighted by Crippen LogP contribution is -2.42. The molecular weight excluding hydrogens is 393 g/mol. The van der Waals surface area contributed by atoms with Crippen molar-refractivity contribution in [1.82, 2.24) is 19.6 Å². The molecule has 1 unspecified atom stereocenters. The Balaban J connectivity index is 1.53. The van der Waals surface area contributed by atoms with Gasteiger partial charge in [-0.1, -0.05) is 18.2 Å². The highest BCUT2D eigenvalue weighted by molar-refractivity contribution is 5.92. The van der Waals surface area contributed by atoms with Crippen molar-refractivity contribution in [2.24, 2.45) is 13.0 Å². The Morgan fingerprint density at radius 1 is 1.30 bits per heavy atom. The van der Waals surface area contributed by atoms with Gasteiger partial charge < -0.3 is 9.80 Å². The molecule has 1 atom stereocenters. The molecular formula is C22H29F3N4O. The molecule has 30 heavy (non-hydrogen) atoms. The molecule has 8 heteroatoms. The third-order valence-corrected chi connectivity index (χ3v) is 5.67. The van der Waals surface area contributed by atoms with Crippen LogP contribution in [0.3, 0.4) is 0 Å². The topological polar surface area (TPSA) is 41.4 Å². The highest BCUT2D eigenvalue weighted by Gasteiger charge is 2.30. The molecule has 1 aliphatic heterocycles. The van der Waals surface area contributed by atoms with Crippen LogP contribution in [-0.4, -0.2) is 58.7 Å². The minimum Gasteiger partial charge on any atom is -0.340 e. The summed E-state index contributed by atoms with van der Waals surface area (Å²) >= 11 is 0. The summed E-state index contributed by atoms with van der Waals surface area (Å²) in [5.41, 5.74) is 1.49. The molecule has 1 aromatic carbocycles. The third-order valence-electron chi connectivity index (χ3n) is 5.67. The molecule has 1 amide bonds. The van der Waals surface area contributed by atoms with Crippen LogP contribution in [0.2, 0.25) is 0 Å². The Morgan fingerprint density at radius 3 is 2.73 bits per heavy atom. The maximum Gasteiger partial charge on any atom is 0.416 e. The highest BCUT2D eigenvalue weighted by Crippen LogP contribution is 2.29. The molecule has 0 N–H and O–H groups in total. The number of hydrogen-bond acceptors (Lipinski definition) is 3. The first-order chi connectivity index (χ1) is 14.1. The number of amides is 1. The van der Waals surface area contributed by atoms with Gasteiger partial charge in [0.05, 0.1) is 11.3 Å². The van der Waals surface area contributed by atoms with Crippen molar-refractivity contribution < 1.29 is 18.0 Å². The van der Waals surface area contributed by atoms with Crippen molar-refractivity contribution in [3.05, 3.63) is 52.8 Å². The zero-order valence-corrected chi connectivity index (χ0v) is 17.7. The summed E-state index contributed by atoms with van der Waals surface area (Å²) in [6, 6.07) is 7.36. The van der Waals surface area contributed by atoms with E-state index >= 15 is 0 Å². The first-order valence-electron chi connectivity index (χ1n) is 10.3. The summed E-state index contributed by atoms with van der Waals surface area (Å²) in [5, 5.41) is 4.24. The summed E-state index contributed by atoms with van der Waals surface area (Å²) in [6.07, 6.45) is -1.66. The normalized spacial score (nSPS) is 17.9. The van der Waals surface area contributed by atoms with Crippen LogP contribution in [0, 0.1) is 12.8 Å². The van der Waals surface area contributed by atoms with Crippen LogP contribution in [0.25, 0.3) is 0 Å². The lowest BCUT2D eigenvalue weighted by Gasteiger charge is -2.34. The Hall–Kier alpha value is -2.35. The number of rotatable bonds is 6. The first-order valence-corrected chi connectivity index (χ1v) is 10.3. The largest absolute Gasteiger partial charge is 0.416 e. The molecule has 1 aromatic heterocycles. The van der Waals surface area contributed by atoms with Gasteiger partial charge in [-0.15, -0.1) is 0 Å². The molecule has 1 saturated heterocycles. The average molecular weight is 422 g/mol. The van der Waals surface area contributed by atoms with Gasteiger partial charge in [-0.3, -0.25) is 9.48 Å². The smallest absolute Gasteiger partial charge is 0.340 e. The van der Waals surface area contributed by atoms with E-state index in [4.69, 9.17) is 0 Å². The van der Waals surface area contributed by atoms with E-state index in [2.05, 4.69) is 10.00 Å². The molecule has 1 fully saturated rings. The number of alkyl halides is 3. The van der Waals surface area contributed by atoms with Gasteiger partial charge in [0.15, 0.2) is 0 Å². The third kappa shape index (κ3) is 5.62. The summed E-state index contributed by atoms with van der Waals surface area (Å²) in [6.45, 7) is 5.02. The molecule has 0 radical (unpaired) electrons. The van der Waals surface area contributed by atoms with Crippen LogP contribution >= 0.6 is 0 Å². The number of aromatic nitrogens is 2. The molecule has 1 aliphatic rings. The fraction of sp³-hybridized carbons (Fsp3) is 0.545. The SMILES string of the molecule is Cc1cc(C(=O)N(C)CC2CCCN(CCc3cccc(C(F)(F)F)c3)C2)n(C)n1. The molecule has 0 spiro atoms. The van der Waals surface area contributed by atoms with Crippen LogP contribution in [0.5, 0.6) is 0 Å². The lowest BCUT2D eigenvalue weighted by atomic mass is 9.96. The lowest BCUT2D eigenvalue weighted by molar-refractivity contribution is -0.137. The fourth-order valence-electron chi connectivity index (χ4n) is 4.17. The van der Waals surface area contributed by atoms with Crippen molar-refractivity contribution in [3.63, 3.8) is 0 Å². The number of halogens is 3. The number of carbonyl (C=O) groups is 1. The number of nitrogens with zero attached hydrogens (tertiary/aromatic N) is 4. The van der Waals surface area contributed by atoms with Gasteiger partial charge in [-0.2, -0.15) is 18.3 Å². The molecule has 2 aromatic rings. The minimum atomic E-state index is -4.31. The minimum absolute atomic E-state index is 0.0424. The van der Waals surface area contributed by atoms with E-state index in [-0.39, 0.29) is 5.91 Å². The highest BCUT2D eigenvalue weighted by atomic mass is 19.4. The molecule has 2 heterocycles. The molecule has 5 nitrogen and oxygen atoms in total. The molecule has 0 aliphatic carbocycles. The zero-order chi connectivity index (χ0) is 21.9. The Bertz CT molecular complexity index is 878. The fourth-order valence-corrected chi connectivity index (χ4v) is 4.17. The van der Waals surface area contributed by atoms with E-state index in [0.717, 1.165) is 44.2 Å². The van der Waals surface area contributed by atoms with Gasteiger partial charge in [-0.05, 0) is 56.3 Å². The Labute approximate surface area is 175 Å². The summed E-state index contributed by atoms with van der Waals surface area (Å²) < 4.78 is 40.3. The van der Waals surface area contributed by atoms with Crippen molar-refractivity contribution in [2.75, 3.05) is 33.2 Å². The Morgan fingerprint density at radius 2 is 2.07 bits per heavy atom. The quantitative estimate of drug-likeness (QED) is 0.712. The van der Waals surface area contributed by atoms with Crippen LogP contribution in [0.1, 0.15) is 40.2 Å². The van der Waals surface area contributed by atoms with Crippen LogP contribution in [0.15, 0.2) is 30.3 Å². The van der Waals surface area contributed by atoms with Crippen LogP contribution in [-0.2, 0) is 19.6 Å². The second-order valence-corrected chi connectivity index (χ2v) is 8.24. The summed E-state index contributed by atoms with van der Waals surface area (Å²) in [7, 11) is 3.58. The Kier molecular flexibility index (Phi) is 6.85. The monoisotopic (exact) mass is 422 g/mol. The summed E-state index contributed by atoms with van der Waals surface area (Å²) in [5.74, 6) is 0.308. The number of likely N-dealkylation sites (tertiary alicyclic amines) is 1. The second-order valence-electron chi connectivity index (χ2n) is 8.24. The summed E-state index contributed by atoms with van der Waals surface area (Å²) in [4.78, 5) is 16.8. The van der Waals surface area contributed by atoms with E-state index in [9.17, 15) is 18.0 Å². The van der Waals surface area contributed by atoms with E-state index in [1.807, 2.05) is 14.0 Å². The predicted octanol–water partition coefficient (Wildman–Crippen LogP) is 3.77. The van der Waals surface area contributed by atoms with Gasteiger partial charge in [0.2, 0.25) is 0 Å². The molecule has 3 rings (SSSR count). The van der Waals surface area contributed by atoms with Gasteiger partial charge in [0.25, 0.3) is 5.91 Å². The number of aryl methyl sites for hydroxylation is 2. The van der Waals surface area contributed by atoms with Crippen molar-refractivity contribution in [3.8, 4) is 0 Å². The van der Waals surface area contributed by atoms with Crippen molar-refractivity contribution >= 4 is 5.91 Å².